The number of ether oxygens (including phenoxy) is 1. The summed E-state index contributed by atoms with van der Waals surface area (Å²) in [4.78, 5) is 41.6. The van der Waals surface area contributed by atoms with Crippen LogP contribution in [-0.2, 0) is 14.4 Å². The van der Waals surface area contributed by atoms with E-state index >= 15 is 0 Å². The molecule has 2 aromatic carbocycles. The summed E-state index contributed by atoms with van der Waals surface area (Å²) in [5.41, 5.74) is 2.09. The van der Waals surface area contributed by atoms with Gasteiger partial charge in [0.1, 0.15) is 17.0 Å². The van der Waals surface area contributed by atoms with E-state index in [9.17, 15) is 14.4 Å². The Labute approximate surface area is 161 Å². The highest BCUT2D eigenvalue weighted by Crippen LogP contribution is 2.40. The van der Waals surface area contributed by atoms with E-state index in [2.05, 4.69) is 0 Å². The van der Waals surface area contributed by atoms with Gasteiger partial charge in [0.05, 0.1) is 18.6 Å². The number of benzene rings is 2. The lowest BCUT2D eigenvalue weighted by Crippen LogP contribution is -2.53. The maximum atomic E-state index is 13.3. The maximum Gasteiger partial charge on any atom is 0.258 e. The standard InChI is InChI=1S/C20H18N2O4S/c1-12-7-9-13(10-8-12)21-16(23)11-27-18-17(21)19(24)22(20(18)25)14-5-3-4-6-15(14)26-2/h3-10,17-18H,11H2,1-2H3. The molecule has 2 fully saturated rings. The molecule has 3 amide bonds. The number of carbonyl (C=O) groups is 3. The maximum absolute atomic E-state index is 13.3. The van der Waals surface area contributed by atoms with Crippen LogP contribution in [0.15, 0.2) is 48.5 Å². The molecule has 2 atom stereocenters. The van der Waals surface area contributed by atoms with Gasteiger partial charge in [0.2, 0.25) is 11.8 Å². The number of methoxy groups -OCH3 is 1. The van der Waals surface area contributed by atoms with Crippen LogP contribution in [0.1, 0.15) is 5.56 Å². The van der Waals surface area contributed by atoms with Crippen molar-refractivity contribution < 1.29 is 19.1 Å². The highest BCUT2D eigenvalue weighted by molar-refractivity contribution is 8.01. The zero-order chi connectivity index (χ0) is 19.1. The third kappa shape index (κ3) is 2.78. The molecule has 2 aliphatic rings. The molecule has 0 saturated carbocycles. The Bertz CT molecular complexity index is 928. The molecule has 27 heavy (non-hydrogen) atoms. The number of aryl methyl sites for hydroxylation is 1. The first-order valence-electron chi connectivity index (χ1n) is 8.54. The first kappa shape index (κ1) is 17.6. The number of rotatable bonds is 3. The van der Waals surface area contributed by atoms with Crippen LogP contribution in [0.2, 0.25) is 0 Å². The summed E-state index contributed by atoms with van der Waals surface area (Å²) >= 11 is 1.22. The van der Waals surface area contributed by atoms with Crippen molar-refractivity contribution in [3.63, 3.8) is 0 Å². The number of nitrogens with zero attached hydrogens (tertiary/aromatic N) is 2. The molecule has 4 rings (SSSR count). The van der Waals surface area contributed by atoms with Crippen molar-refractivity contribution in [1.29, 1.82) is 0 Å². The summed E-state index contributed by atoms with van der Waals surface area (Å²) < 4.78 is 5.32. The van der Waals surface area contributed by atoms with Crippen LogP contribution in [-0.4, -0.2) is 41.9 Å². The largest absolute Gasteiger partial charge is 0.495 e. The monoisotopic (exact) mass is 382 g/mol. The van der Waals surface area contributed by atoms with Gasteiger partial charge in [0, 0.05) is 5.69 Å². The van der Waals surface area contributed by atoms with E-state index in [0.29, 0.717) is 17.1 Å². The molecule has 2 heterocycles. The van der Waals surface area contributed by atoms with E-state index in [0.717, 1.165) is 10.5 Å². The molecule has 0 spiro atoms. The quantitative estimate of drug-likeness (QED) is 0.763. The number of hydrogen-bond acceptors (Lipinski definition) is 5. The van der Waals surface area contributed by atoms with Gasteiger partial charge in [-0.3, -0.25) is 19.3 Å². The second-order valence-corrected chi connectivity index (χ2v) is 7.59. The molecule has 138 valence electrons. The molecule has 2 aliphatic heterocycles. The lowest BCUT2D eigenvalue weighted by atomic mass is 10.1. The zero-order valence-electron chi connectivity index (χ0n) is 14.9. The Morgan fingerprint density at radius 2 is 1.70 bits per heavy atom. The second-order valence-electron chi connectivity index (χ2n) is 6.46. The fourth-order valence-electron chi connectivity index (χ4n) is 3.49. The Morgan fingerprint density at radius 1 is 1.00 bits per heavy atom. The Hall–Kier alpha value is -2.80. The van der Waals surface area contributed by atoms with Crippen LogP contribution >= 0.6 is 11.8 Å². The number of anilines is 2. The van der Waals surface area contributed by atoms with Crippen LogP contribution in [0.4, 0.5) is 11.4 Å². The zero-order valence-corrected chi connectivity index (χ0v) is 15.7. The number of fused-ring (bicyclic) bond motifs is 1. The number of para-hydroxylation sites is 2. The van der Waals surface area contributed by atoms with E-state index in [1.165, 1.54) is 23.8 Å². The van der Waals surface area contributed by atoms with Crippen molar-refractivity contribution in [2.75, 3.05) is 22.7 Å². The first-order valence-corrected chi connectivity index (χ1v) is 9.59. The smallest absolute Gasteiger partial charge is 0.258 e. The Balaban J connectivity index is 1.77. The van der Waals surface area contributed by atoms with Crippen LogP contribution in [0.5, 0.6) is 5.75 Å². The molecule has 2 unspecified atom stereocenters. The van der Waals surface area contributed by atoms with Gasteiger partial charge >= 0.3 is 0 Å². The van der Waals surface area contributed by atoms with E-state index in [1.807, 2.05) is 31.2 Å². The van der Waals surface area contributed by atoms with Gasteiger partial charge in [-0.05, 0) is 31.2 Å². The summed E-state index contributed by atoms with van der Waals surface area (Å²) in [5, 5.41) is -0.624. The average Bonchev–Trinajstić information content (AvgIpc) is 2.93. The van der Waals surface area contributed by atoms with E-state index in [1.54, 1.807) is 24.3 Å². The molecule has 6 nitrogen and oxygen atoms in total. The number of imide groups is 1. The molecule has 2 aromatic rings. The minimum absolute atomic E-state index is 0.161. The van der Waals surface area contributed by atoms with Gasteiger partial charge in [-0.2, -0.15) is 0 Å². The van der Waals surface area contributed by atoms with Crippen molar-refractivity contribution in [2.45, 2.75) is 18.2 Å². The molecular weight excluding hydrogens is 364 g/mol. The van der Waals surface area contributed by atoms with Gasteiger partial charge in [-0.25, -0.2) is 4.90 Å². The number of thioether (sulfide) groups is 1. The van der Waals surface area contributed by atoms with E-state index in [4.69, 9.17) is 4.74 Å². The summed E-state index contributed by atoms with van der Waals surface area (Å²) in [7, 11) is 1.49. The molecule has 0 radical (unpaired) electrons. The minimum Gasteiger partial charge on any atom is -0.495 e. The molecule has 0 aromatic heterocycles. The molecule has 2 saturated heterocycles. The molecule has 0 aliphatic carbocycles. The summed E-state index contributed by atoms with van der Waals surface area (Å²) in [5.74, 6) is -0.294. The molecule has 7 heteroatoms. The SMILES string of the molecule is COc1ccccc1N1C(=O)C2SCC(=O)N(c3ccc(C)cc3)C2C1=O. The third-order valence-corrected chi connectivity index (χ3v) is 6.03. The normalized spacial score (nSPS) is 22.2. The second kappa shape index (κ2) is 6.74. The lowest BCUT2D eigenvalue weighted by Gasteiger charge is -2.34. The Morgan fingerprint density at radius 3 is 2.41 bits per heavy atom. The van der Waals surface area contributed by atoms with Gasteiger partial charge in [0.15, 0.2) is 0 Å². The number of hydrogen-bond donors (Lipinski definition) is 0. The predicted molar refractivity (Wildman–Crippen MR) is 104 cm³/mol. The van der Waals surface area contributed by atoms with Gasteiger partial charge in [0.25, 0.3) is 5.91 Å². The van der Waals surface area contributed by atoms with Crippen molar-refractivity contribution in [2.24, 2.45) is 0 Å². The van der Waals surface area contributed by atoms with Crippen LogP contribution < -0.4 is 14.5 Å². The van der Waals surface area contributed by atoms with Crippen molar-refractivity contribution in [3.8, 4) is 5.75 Å². The molecule has 0 N–H and O–H groups in total. The third-order valence-electron chi connectivity index (χ3n) is 4.80. The summed E-state index contributed by atoms with van der Waals surface area (Å²) in [6, 6.07) is 13.4. The number of carbonyl (C=O) groups excluding carboxylic acids is 3. The van der Waals surface area contributed by atoms with Crippen LogP contribution in [0.3, 0.4) is 0 Å². The summed E-state index contributed by atoms with van der Waals surface area (Å²) in [6.45, 7) is 1.95. The van der Waals surface area contributed by atoms with E-state index < -0.39 is 17.2 Å². The first-order chi connectivity index (χ1) is 13.0. The van der Waals surface area contributed by atoms with Crippen molar-refractivity contribution in [3.05, 3.63) is 54.1 Å². The summed E-state index contributed by atoms with van der Waals surface area (Å²) in [6.07, 6.45) is 0. The highest BCUT2D eigenvalue weighted by Gasteiger charge is 2.55. The topological polar surface area (TPSA) is 66.9 Å². The van der Waals surface area contributed by atoms with Crippen molar-refractivity contribution in [1.82, 2.24) is 0 Å². The van der Waals surface area contributed by atoms with Gasteiger partial charge in [-0.1, -0.05) is 29.8 Å². The molecule has 0 bridgehead atoms. The minimum atomic E-state index is -0.851. The lowest BCUT2D eigenvalue weighted by molar-refractivity contribution is -0.123. The van der Waals surface area contributed by atoms with Crippen molar-refractivity contribution >= 4 is 40.9 Å². The van der Waals surface area contributed by atoms with Gasteiger partial charge < -0.3 is 4.74 Å². The molecular formula is C20H18N2O4S. The fraction of sp³-hybridized carbons (Fsp3) is 0.250. The van der Waals surface area contributed by atoms with E-state index in [-0.39, 0.29) is 17.6 Å². The van der Waals surface area contributed by atoms with Crippen LogP contribution in [0, 0.1) is 6.92 Å². The number of amides is 3. The van der Waals surface area contributed by atoms with Crippen LogP contribution in [0.25, 0.3) is 0 Å². The Kier molecular flexibility index (Phi) is 4.39. The van der Waals surface area contributed by atoms with Gasteiger partial charge in [-0.15, -0.1) is 11.8 Å². The average molecular weight is 382 g/mol. The predicted octanol–water partition coefficient (Wildman–Crippen LogP) is 2.39. The highest BCUT2D eigenvalue weighted by atomic mass is 32.2. The fourth-order valence-corrected chi connectivity index (χ4v) is 4.62.